The molecule has 2 amide bonds. The SMILES string of the molecule is C[S@](=O)c1cccc(NC(=O)NCCc2cscn2)c1. The number of anilines is 1. The summed E-state index contributed by atoms with van der Waals surface area (Å²) in [5.74, 6) is 0. The summed E-state index contributed by atoms with van der Waals surface area (Å²) in [6.07, 6.45) is 2.31. The Morgan fingerprint density at radius 1 is 1.45 bits per heavy atom. The van der Waals surface area contributed by atoms with E-state index in [-0.39, 0.29) is 6.03 Å². The van der Waals surface area contributed by atoms with Gasteiger partial charge in [0.2, 0.25) is 0 Å². The highest BCUT2D eigenvalue weighted by Crippen LogP contribution is 2.12. The fraction of sp³-hybridized carbons (Fsp3) is 0.231. The lowest BCUT2D eigenvalue weighted by Gasteiger charge is -2.07. The minimum atomic E-state index is -1.06. The smallest absolute Gasteiger partial charge is 0.319 e. The molecule has 2 aromatic rings. The molecule has 5 nitrogen and oxygen atoms in total. The summed E-state index contributed by atoms with van der Waals surface area (Å²) in [7, 11) is -1.06. The maximum absolute atomic E-state index is 11.7. The van der Waals surface area contributed by atoms with Gasteiger partial charge in [-0.1, -0.05) is 6.07 Å². The zero-order valence-corrected chi connectivity index (χ0v) is 12.6. The van der Waals surface area contributed by atoms with Gasteiger partial charge in [0, 0.05) is 46.0 Å². The molecule has 0 saturated heterocycles. The first kappa shape index (κ1) is 14.7. The number of rotatable bonds is 5. The number of amides is 2. The van der Waals surface area contributed by atoms with Gasteiger partial charge in [-0.2, -0.15) is 0 Å². The molecule has 106 valence electrons. The van der Waals surface area contributed by atoms with Gasteiger partial charge >= 0.3 is 6.03 Å². The molecule has 1 aromatic carbocycles. The lowest BCUT2D eigenvalue weighted by molar-refractivity contribution is 0.252. The number of carbonyl (C=O) groups is 1. The van der Waals surface area contributed by atoms with Crippen molar-refractivity contribution in [2.24, 2.45) is 0 Å². The molecule has 1 aromatic heterocycles. The van der Waals surface area contributed by atoms with E-state index in [4.69, 9.17) is 0 Å². The van der Waals surface area contributed by atoms with E-state index in [9.17, 15) is 9.00 Å². The van der Waals surface area contributed by atoms with Gasteiger partial charge in [0.1, 0.15) is 0 Å². The lowest BCUT2D eigenvalue weighted by atomic mass is 10.3. The van der Waals surface area contributed by atoms with Gasteiger partial charge in [-0.3, -0.25) is 4.21 Å². The molecule has 7 heteroatoms. The Bertz CT molecular complexity index is 599. The Labute approximate surface area is 123 Å². The summed E-state index contributed by atoms with van der Waals surface area (Å²) >= 11 is 1.54. The Morgan fingerprint density at radius 2 is 2.30 bits per heavy atom. The second-order valence-electron chi connectivity index (χ2n) is 4.09. The van der Waals surface area contributed by atoms with Gasteiger partial charge < -0.3 is 10.6 Å². The first-order valence-electron chi connectivity index (χ1n) is 6.00. The van der Waals surface area contributed by atoms with Gasteiger partial charge in [-0.15, -0.1) is 11.3 Å². The van der Waals surface area contributed by atoms with Crippen molar-refractivity contribution in [1.82, 2.24) is 10.3 Å². The molecule has 2 rings (SSSR count). The number of carbonyl (C=O) groups excluding carboxylic acids is 1. The van der Waals surface area contributed by atoms with Crippen LogP contribution in [0.1, 0.15) is 5.69 Å². The standard InChI is InChI=1S/C13H15N3O2S2/c1-20(18)12-4-2-3-10(7-12)16-13(17)14-6-5-11-8-19-9-15-11/h2-4,7-9H,5-6H2,1H3,(H2,14,16,17)/t20-/m0/s1. The zero-order valence-electron chi connectivity index (χ0n) is 11.0. The first-order chi connectivity index (χ1) is 9.65. The van der Waals surface area contributed by atoms with Crippen molar-refractivity contribution >= 4 is 33.9 Å². The van der Waals surface area contributed by atoms with Gasteiger partial charge in [-0.25, -0.2) is 9.78 Å². The number of thiazole rings is 1. The van der Waals surface area contributed by atoms with Crippen molar-refractivity contribution in [1.29, 1.82) is 0 Å². The summed E-state index contributed by atoms with van der Waals surface area (Å²) in [6.45, 7) is 0.523. The van der Waals surface area contributed by atoms with E-state index in [1.54, 1.807) is 36.0 Å². The van der Waals surface area contributed by atoms with Gasteiger partial charge in [0.15, 0.2) is 0 Å². The zero-order chi connectivity index (χ0) is 14.4. The van der Waals surface area contributed by atoms with Crippen LogP contribution in [0.3, 0.4) is 0 Å². The van der Waals surface area contributed by atoms with Crippen LogP contribution < -0.4 is 10.6 Å². The van der Waals surface area contributed by atoms with Crippen molar-refractivity contribution in [2.75, 3.05) is 18.1 Å². The van der Waals surface area contributed by atoms with E-state index >= 15 is 0 Å². The number of aromatic nitrogens is 1. The highest BCUT2D eigenvalue weighted by Gasteiger charge is 2.04. The normalized spacial score (nSPS) is 11.8. The molecular weight excluding hydrogens is 294 g/mol. The monoisotopic (exact) mass is 309 g/mol. The van der Waals surface area contributed by atoms with Crippen LogP contribution >= 0.6 is 11.3 Å². The molecule has 20 heavy (non-hydrogen) atoms. The molecule has 0 unspecified atom stereocenters. The fourth-order valence-corrected chi connectivity index (χ4v) is 2.75. The molecule has 1 heterocycles. The van der Waals surface area contributed by atoms with Crippen LogP contribution in [0.5, 0.6) is 0 Å². The maximum atomic E-state index is 11.7. The van der Waals surface area contributed by atoms with Crippen molar-refractivity contribution in [3.63, 3.8) is 0 Å². The van der Waals surface area contributed by atoms with Crippen LogP contribution in [0.25, 0.3) is 0 Å². The van der Waals surface area contributed by atoms with Gasteiger partial charge in [0.05, 0.1) is 11.2 Å². The maximum Gasteiger partial charge on any atom is 0.319 e. The topological polar surface area (TPSA) is 71.1 Å². The van der Waals surface area contributed by atoms with Crippen LogP contribution in [0.15, 0.2) is 40.1 Å². The molecule has 0 radical (unpaired) electrons. The van der Waals surface area contributed by atoms with Crippen LogP contribution in [-0.4, -0.2) is 28.0 Å². The molecule has 2 N–H and O–H groups in total. The molecule has 1 atom stereocenters. The number of nitrogens with zero attached hydrogens (tertiary/aromatic N) is 1. The van der Waals surface area contributed by atoms with Crippen molar-refractivity contribution in [3.8, 4) is 0 Å². The lowest BCUT2D eigenvalue weighted by Crippen LogP contribution is -2.30. The van der Waals surface area contributed by atoms with Crippen LogP contribution in [0.2, 0.25) is 0 Å². The second kappa shape index (κ2) is 7.16. The van der Waals surface area contributed by atoms with Crippen LogP contribution in [0, 0.1) is 0 Å². The Kier molecular flexibility index (Phi) is 5.25. The van der Waals surface area contributed by atoms with Crippen molar-refractivity contribution in [3.05, 3.63) is 40.8 Å². The van der Waals surface area contributed by atoms with E-state index in [0.717, 1.165) is 5.69 Å². The molecular formula is C13H15N3O2S2. The largest absolute Gasteiger partial charge is 0.337 e. The number of nitrogens with one attached hydrogen (secondary N) is 2. The average molecular weight is 309 g/mol. The Morgan fingerprint density at radius 3 is 3.00 bits per heavy atom. The van der Waals surface area contributed by atoms with E-state index in [2.05, 4.69) is 15.6 Å². The molecule has 0 aliphatic rings. The number of hydrogen-bond acceptors (Lipinski definition) is 4. The van der Waals surface area contributed by atoms with Crippen molar-refractivity contribution in [2.45, 2.75) is 11.3 Å². The summed E-state index contributed by atoms with van der Waals surface area (Å²) in [5, 5.41) is 7.43. The average Bonchev–Trinajstić information content (AvgIpc) is 2.92. The van der Waals surface area contributed by atoms with Crippen LogP contribution in [-0.2, 0) is 17.2 Å². The van der Waals surface area contributed by atoms with Crippen LogP contribution in [0.4, 0.5) is 10.5 Å². The number of hydrogen-bond donors (Lipinski definition) is 2. The van der Waals surface area contributed by atoms with Gasteiger partial charge in [-0.05, 0) is 18.2 Å². The van der Waals surface area contributed by atoms with Crippen molar-refractivity contribution < 1.29 is 9.00 Å². The minimum absolute atomic E-state index is 0.278. The number of benzene rings is 1. The molecule has 0 aliphatic heterocycles. The van der Waals surface area contributed by atoms with E-state index < -0.39 is 10.8 Å². The number of urea groups is 1. The second-order valence-corrected chi connectivity index (χ2v) is 6.19. The Balaban J connectivity index is 1.82. The third-order valence-corrected chi connectivity index (χ3v) is 4.13. The summed E-state index contributed by atoms with van der Waals surface area (Å²) in [6, 6.07) is 6.72. The highest BCUT2D eigenvalue weighted by atomic mass is 32.2. The predicted octanol–water partition coefficient (Wildman–Crippen LogP) is 2.24. The summed E-state index contributed by atoms with van der Waals surface area (Å²) in [5.41, 5.74) is 3.37. The van der Waals surface area contributed by atoms with E-state index in [1.165, 1.54) is 11.3 Å². The minimum Gasteiger partial charge on any atom is -0.337 e. The van der Waals surface area contributed by atoms with E-state index in [1.807, 2.05) is 5.38 Å². The third-order valence-electron chi connectivity index (χ3n) is 2.57. The Hall–Kier alpha value is -1.73. The fourth-order valence-electron chi connectivity index (χ4n) is 1.59. The highest BCUT2D eigenvalue weighted by molar-refractivity contribution is 7.84. The van der Waals surface area contributed by atoms with E-state index in [0.29, 0.717) is 23.5 Å². The third kappa shape index (κ3) is 4.43. The molecule has 0 aliphatic carbocycles. The molecule has 0 bridgehead atoms. The molecule has 0 saturated carbocycles. The van der Waals surface area contributed by atoms with Gasteiger partial charge in [0.25, 0.3) is 0 Å². The molecule has 0 fully saturated rings. The first-order valence-corrected chi connectivity index (χ1v) is 8.50. The molecule has 0 spiro atoms. The summed E-state index contributed by atoms with van der Waals surface area (Å²) < 4.78 is 11.4. The predicted molar refractivity (Wildman–Crippen MR) is 81.6 cm³/mol. The quantitative estimate of drug-likeness (QED) is 0.890. The summed E-state index contributed by atoms with van der Waals surface area (Å²) in [4.78, 5) is 16.5.